The Kier molecular flexibility index (Phi) is 23.8. The molecule has 0 bridgehead atoms. The van der Waals surface area contributed by atoms with Crippen LogP contribution in [-0.4, -0.2) is 71.0 Å². The molecular weight excluding hydrogens is 490 g/mol. The van der Waals surface area contributed by atoms with Crippen LogP contribution in [0.3, 0.4) is 0 Å². The Balaban J connectivity index is -0.00000121. The Morgan fingerprint density at radius 1 is 0.552 bits per heavy atom. The van der Waals surface area contributed by atoms with Crippen molar-refractivity contribution in [2.24, 2.45) is 5.41 Å². The molecule has 0 rings (SSSR count). The normalized spacial score (nSPS) is 11.2. The van der Waals surface area contributed by atoms with Crippen LogP contribution in [0.1, 0.15) is 139 Å². The Morgan fingerprint density at radius 3 is 1.03 bits per heavy atom. The second-order valence-corrected chi connectivity index (χ2v) is 8.50. The van der Waals surface area contributed by atoms with Gasteiger partial charge in [0.15, 0.2) is 5.41 Å². The molecule has 0 amide bonds. The molecule has 0 aromatic heterocycles. The quantitative estimate of drug-likeness (QED) is 0.0906. The van der Waals surface area contributed by atoms with Crippen LogP contribution < -0.4 is 0 Å². The maximum atomic E-state index is 11.8. The van der Waals surface area contributed by atoms with Gasteiger partial charge in [0.25, 0.3) is 0 Å². The smallest absolute Gasteiger partial charge is 1.00 e. The Labute approximate surface area is 223 Å². The standard InChI is InChI=1S/C24H46O4.Ba.2H/c1-3-5-7-9-11-12-13-15-17-19-21-24(22(25)26,23(27)28)20-18-16-14-10-8-6-4-2;;;/h3-21H2,1-2H3,(H,25,26)(H,27,28);;;/q;+2;2*-1. The van der Waals surface area contributed by atoms with Crippen molar-refractivity contribution < 1.29 is 22.7 Å². The Bertz CT molecular complexity index is 395. The molecule has 2 N–H and O–H groups in total. The van der Waals surface area contributed by atoms with Crippen LogP contribution >= 0.6 is 0 Å². The molecule has 0 aliphatic carbocycles. The van der Waals surface area contributed by atoms with E-state index in [4.69, 9.17) is 0 Å². The van der Waals surface area contributed by atoms with E-state index in [1.54, 1.807) is 0 Å². The van der Waals surface area contributed by atoms with Gasteiger partial charge in [-0.05, 0) is 12.8 Å². The van der Waals surface area contributed by atoms with Crippen LogP contribution in [-0.2, 0) is 9.59 Å². The van der Waals surface area contributed by atoms with E-state index in [0.717, 1.165) is 25.7 Å². The molecule has 0 aromatic carbocycles. The Morgan fingerprint density at radius 2 is 0.793 bits per heavy atom. The predicted molar refractivity (Wildman–Crippen MR) is 125 cm³/mol. The van der Waals surface area contributed by atoms with Crippen LogP contribution in [0.25, 0.3) is 0 Å². The first-order valence-electron chi connectivity index (χ1n) is 12.0. The van der Waals surface area contributed by atoms with Gasteiger partial charge in [-0.25, -0.2) is 0 Å². The summed E-state index contributed by atoms with van der Waals surface area (Å²) in [5, 5.41) is 19.3. The van der Waals surface area contributed by atoms with Gasteiger partial charge in [-0.1, -0.05) is 123 Å². The number of aliphatic carboxylic acids is 2. The first-order chi connectivity index (χ1) is 13.5. The van der Waals surface area contributed by atoms with Gasteiger partial charge in [0, 0.05) is 0 Å². The van der Waals surface area contributed by atoms with E-state index in [9.17, 15) is 19.8 Å². The minimum absolute atomic E-state index is 0. The first kappa shape index (κ1) is 31.7. The van der Waals surface area contributed by atoms with Crippen molar-refractivity contribution >= 4 is 60.8 Å². The van der Waals surface area contributed by atoms with Gasteiger partial charge in [-0.2, -0.15) is 0 Å². The van der Waals surface area contributed by atoms with E-state index in [2.05, 4.69) is 13.8 Å². The molecule has 0 radical (unpaired) electrons. The third-order valence-electron chi connectivity index (χ3n) is 5.98. The van der Waals surface area contributed by atoms with Crippen molar-refractivity contribution in [3.05, 3.63) is 0 Å². The summed E-state index contributed by atoms with van der Waals surface area (Å²) in [4.78, 5) is 23.6. The molecule has 0 heterocycles. The Hall–Kier alpha value is 0.511. The van der Waals surface area contributed by atoms with E-state index in [0.29, 0.717) is 12.8 Å². The summed E-state index contributed by atoms with van der Waals surface area (Å²) >= 11 is 0. The summed E-state index contributed by atoms with van der Waals surface area (Å²) in [5.41, 5.74) is -1.58. The van der Waals surface area contributed by atoms with Gasteiger partial charge in [-0.3, -0.25) is 9.59 Å². The molecule has 0 aromatic rings. The van der Waals surface area contributed by atoms with Crippen molar-refractivity contribution in [2.75, 3.05) is 0 Å². The molecule has 5 heteroatoms. The fourth-order valence-electron chi connectivity index (χ4n) is 3.94. The number of carboxylic acids is 2. The molecule has 170 valence electrons. The second kappa shape index (κ2) is 21.7. The van der Waals surface area contributed by atoms with E-state index >= 15 is 0 Å². The zero-order valence-electron chi connectivity index (χ0n) is 21.4. The fourth-order valence-corrected chi connectivity index (χ4v) is 3.94. The number of hydrogen-bond donors (Lipinski definition) is 2. The molecular formula is C24H48BaO4. The van der Waals surface area contributed by atoms with E-state index in [1.807, 2.05) is 0 Å². The van der Waals surface area contributed by atoms with Crippen LogP contribution in [0.15, 0.2) is 0 Å². The molecule has 4 nitrogen and oxygen atoms in total. The van der Waals surface area contributed by atoms with Gasteiger partial charge in [0.1, 0.15) is 0 Å². The number of hydrogen-bond acceptors (Lipinski definition) is 2. The van der Waals surface area contributed by atoms with Crippen molar-refractivity contribution in [3.63, 3.8) is 0 Å². The third kappa shape index (κ3) is 15.9. The zero-order chi connectivity index (χ0) is 21.1. The molecule has 0 saturated carbocycles. The maximum absolute atomic E-state index is 11.8. The minimum atomic E-state index is -1.58. The maximum Gasteiger partial charge on any atom is 2.00 e. The van der Waals surface area contributed by atoms with E-state index in [1.165, 1.54) is 70.6 Å². The first-order valence-corrected chi connectivity index (χ1v) is 12.0. The summed E-state index contributed by atoms with van der Waals surface area (Å²) in [6.07, 6.45) is 19.7. The average molecular weight is 538 g/mol. The van der Waals surface area contributed by atoms with Crippen molar-refractivity contribution in [1.29, 1.82) is 0 Å². The van der Waals surface area contributed by atoms with Crippen LogP contribution in [0, 0.1) is 5.41 Å². The van der Waals surface area contributed by atoms with Gasteiger partial charge in [-0.15, -0.1) is 0 Å². The summed E-state index contributed by atoms with van der Waals surface area (Å²) in [7, 11) is 0. The SMILES string of the molecule is CCCCCCCCCCCCC(CCCCCCCCC)(C(=O)O)C(=O)O.[Ba+2].[H-].[H-]. The molecule has 0 atom stereocenters. The van der Waals surface area contributed by atoms with Gasteiger partial charge < -0.3 is 13.1 Å². The van der Waals surface area contributed by atoms with Gasteiger partial charge >= 0.3 is 60.8 Å². The van der Waals surface area contributed by atoms with Crippen molar-refractivity contribution in [1.82, 2.24) is 0 Å². The average Bonchev–Trinajstić information content (AvgIpc) is 2.66. The van der Waals surface area contributed by atoms with Crippen molar-refractivity contribution in [2.45, 2.75) is 136 Å². The zero-order valence-corrected chi connectivity index (χ0v) is 23.8. The van der Waals surface area contributed by atoms with Crippen LogP contribution in [0.5, 0.6) is 0 Å². The number of carbonyl (C=O) groups is 2. The molecule has 0 aliphatic rings. The van der Waals surface area contributed by atoms with E-state index < -0.39 is 17.4 Å². The molecule has 0 unspecified atom stereocenters. The molecule has 0 spiro atoms. The molecule has 0 saturated heterocycles. The van der Waals surface area contributed by atoms with Crippen LogP contribution in [0.4, 0.5) is 0 Å². The van der Waals surface area contributed by atoms with Gasteiger partial charge in [0.05, 0.1) is 0 Å². The van der Waals surface area contributed by atoms with E-state index in [-0.39, 0.29) is 64.6 Å². The predicted octanol–water partition coefficient (Wildman–Crippen LogP) is 7.44. The number of carboxylic acid groups (broad SMARTS) is 2. The molecule has 0 fully saturated rings. The molecule has 0 aliphatic heterocycles. The second-order valence-electron chi connectivity index (χ2n) is 8.50. The van der Waals surface area contributed by atoms with Gasteiger partial charge in [0.2, 0.25) is 0 Å². The molecule has 29 heavy (non-hydrogen) atoms. The monoisotopic (exact) mass is 538 g/mol. The number of unbranched alkanes of at least 4 members (excludes halogenated alkanes) is 15. The summed E-state index contributed by atoms with van der Waals surface area (Å²) in [5.74, 6) is -2.30. The summed E-state index contributed by atoms with van der Waals surface area (Å²) in [6, 6.07) is 0. The summed E-state index contributed by atoms with van der Waals surface area (Å²) in [6.45, 7) is 4.41. The number of rotatable bonds is 21. The van der Waals surface area contributed by atoms with Crippen LogP contribution in [0.2, 0.25) is 0 Å². The largest absolute Gasteiger partial charge is 2.00 e. The summed E-state index contributed by atoms with van der Waals surface area (Å²) < 4.78 is 0. The topological polar surface area (TPSA) is 74.6 Å². The fraction of sp³-hybridized carbons (Fsp3) is 0.917. The third-order valence-corrected chi connectivity index (χ3v) is 5.98. The minimum Gasteiger partial charge on any atom is -1.00 e. The van der Waals surface area contributed by atoms with Crippen molar-refractivity contribution in [3.8, 4) is 0 Å².